The molecule has 210 valence electrons. The molecule has 0 fully saturated rings. The van der Waals surface area contributed by atoms with Crippen molar-refractivity contribution in [1.82, 2.24) is 15.6 Å². The summed E-state index contributed by atoms with van der Waals surface area (Å²) in [7, 11) is 0. The Morgan fingerprint density at radius 2 is 1.25 bits per heavy atom. The van der Waals surface area contributed by atoms with Gasteiger partial charge in [0, 0.05) is 25.2 Å². The van der Waals surface area contributed by atoms with E-state index in [1.807, 2.05) is 60.7 Å². The Morgan fingerprint density at radius 3 is 1.77 bits per heavy atom. The van der Waals surface area contributed by atoms with Gasteiger partial charge in [0.1, 0.15) is 5.69 Å². The van der Waals surface area contributed by atoms with Gasteiger partial charge in [-0.2, -0.15) is 26.3 Å². The highest BCUT2D eigenvalue weighted by atomic mass is 19.4. The SMILES string of the molecule is OC(CNCCNC(c1ccccc1)c1ccccc1)c1cc(-c2ccc(C(F)(F)F)cc2)nc(C(F)(F)F)c1. The molecule has 0 aliphatic heterocycles. The number of aliphatic hydroxyl groups excluding tert-OH is 1. The summed E-state index contributed by atoms with van der Waals surface area (Å²) in [5.41, 5.74) is -0.200. The highest BCUT2D eigenvalue weighted by Crippen LogP contribution is 2.34. The number of pyridine rings is 1. The van der Waals surface area contributed by atoms with Crippen LogP contribution in [0.4, 0.5) is 26.3 Å². The van der Waals surface area contributed by atoms with Crippen LogP contribution in [-0.2, 0) is 12.4 Å². The first-order valence-corrected chi connectivity index (χ1v) is 12.5. The van der Waals surface area contributed by atoms with Gasteiger partial charge in [-0.05, 0) is 41.0 Å². The van der Waals surface area contributed by atoms with Gasteiger partial charge in [-0.15, -0.1) is 0 Å². The van der Waals surface area contributed by atoms with E-state index in [1.54, 1.807) is 0 Å². The van der Waals surface area contributed by atoms with Crippen LogP contribution in [0, 0.1) is 0 Å². The summed E-state index contributed by atoms with van der Waals surface area (Å²) >= 11 is 0. The molecule has 1 aromatic heterocycles. The normalized spacial score (nSPS) is 13.0. The number of benzene rings is 3. The van der Waals surface area contributed by atoms with Gasteiger partial charge < -0.3 is 15.7 Å². The number of halogens is 6. The number of nitrogens with one attached hydrogen (secondary N) is 2. The quantitative estimate of drug-likeness (QED) is 0.148. The molecule has 1 atom stereocenters. The van der Waals surface area contributed by atoms with Gasteiger partial charge in [0.2, 0.25) is 0 Å². The molecule has 0 radical (unpaired) electrons. The van der Waals surface area contributed by atoms with Crippen LogP contribution in [0.5, 0.6) is 0 Å². The Bertz CT molecular complexity index is 1320. The average molecular weight is 560 g/mol. The summed E-state index contributed by atoms with van der Waals surface area (Å²) in [5.74, 6) is 0. The zero-order chi connectivity index (χ0) is 28.8. The average Bonchev–Trinajstić information content (AvgIpc) is 2.94. The maximum absolute atomic E-state index is 13.5. The van der Waals surface area contributed by atoms with Crippen molar-refractivity contribution in [2.45, 2.75) is 24.5 Å². The first-order chi connectivity index (χ1) is 19.0. The van der Waals surface area contributed by atoms with Gasteiger partial charge in [-0.1, -0.05) is 72.8 Å². The summed E-state index contributed by atoms with van der Waals surface area (Å²) in [6.45, 7) is 0.870. The van der Waals surface area contributed by atoms with Crippen LogP contribution in [0.1, 0.15) is 40.1 Å². The first kappa shape index (κ1) is 29.3. The minimum atomic E-state index is -4.81. The van der Waals surface area contributed by atoms with E-state index in [0.29, 0.717) is 13.1 Å². The fourth-order valence-corrected chi connectivity index (χ4v) is 4.25. The fraction of sp³-hybridized carbons (Fsp3) is 0.233. The summed E-state index contributed by atoms with van der Waals surface area (Å²) in [6, 6.07) is 25.3. The van der Waals surface area contributed by atoms with E-state index in [2.05, 4.69) is 15.6 Å². The van der Waals surface area contributed by atoms with Gasteiger partial charge in [-0.3, -0.25) is 0 Å². The lowest BCUT2D eigenvalue weighted by Crippen LogP contribution is -2.32. The summed E-state index contributed by atoms with van der Waals surface area (Å²) in [5, 5.41) is 17.2. The number of hydrogen-bond donors (Lipinski definition) is 3. The molecule has 4 nitrogen and oxygen atoms in total. The third kappa shape index (κ3) is 7.68. The van der Waals surface area contributed by atoms with E-state index in [-0.39, 0.29) is 29.4 Å². The van der Waals surface area contributed by atoms with Crippen molar-refractivity contribution in [2.24, 2.45) is 0 Å². The van der Waals surface area contributed by atoms with Gasteiger partial charge in [-0.25, -0.2) is 4.98 Å². The topological polar surface area (TPSA) is 57.2 Å². The molecule has 1 unspecified atom stereocenters. The second kappa shape index (κ2) is 12.6. The summed E-state index contributed by atoms with van der Waals surface area (Å²) < 4.78 is 79.3. The van der Waals surface area contributed by atoms with Crippen molar-refractivity contribution in [1.29, 1.82) is 0 Å². The Kier molecular flexibility index (Phi) is 9.24. The van der Waals surface area contributed by atoms with Crippen molar-refractivity contribution in [2.75, 3.05) is 19.6 Å². The standard InChI is InChI=1S/C30H27F6N3O/c31-29(32,33)24-13-11-20(12-14-24)25-17-23(18-27(39-25)30(34,35)36)26(40)19-37-15-16-38-28(21-7-3-1-4-8-21)22-9-5-2-6-10-22/h1-14,17-18,26,28,37-38,40H,15-16,19H2. The molecule has 1 heterocycles. The lowest BCUT2D eigenvalue weighted by atomic mass is 9.99. The van der Waals surface area contributed by atoms with Crippen LogP contribution in [0.25, 0.3) is 11.3 Å². The molecule has 0 bridgehead atoms. The molecule has 0 saturated carbocycles. The third-order valence-electron chi connectivity index (χ3n) is 6.28. The zero-order valence-corrected chi connectivity index (χ0v) is 21.2. The van der Waals surface area contributed by atoms with Crippen LogP contribution < -0.4 is 10.6 Å². The highest BCUT2D eigenvalue weighted by Gasteiger charge is 2.34. The second-order valence-electron chi connectivity index (χ2n) is 9.17. The molecular weight excluding hydrogens is 532 g/mol. The van der Waals surface area contributed by atoms with E-state index >= 15 is 0 Å². The van der Waals surface area contributed by atoms with Crippen molar-refractivity contribution < 1.29 is 31.4 Å². The third-order valence-corrected chi connectivity index (χ3v) is 6.28. The van der Waals surface area contributed by atoms with E-state index in [0.717, 1.165) is 41.5 Å². The van der Waals surface area contributed by atoms with Crippen LogP contribution in [0.15, 0.2) is 97.1 Å². The Morgan fingerprint density at radius 1 is 0.675 bits per heavy atom. The Labute approximate surface area is 227 Å². The van der Waals surface area contributed by atoms with Crippen LogP contribution in [0.3, 0.4) is 0 Å². The molecular formula is C30H27F6N3O. The van der Waals surface area contributed by atoms with Gasteiger partial charge in [0.25, 0.3) is 0 Å². The predicted molar refractivity (Wildman–Crippen MR) is 140 cm³/mol. The van der Waals surface area contributed by atoms with Crippen molar-refractivity contribution >= 4 is 0 Å². The predicted octanol–water partition coefficient (Wildman–Crippen LogP) is 6.79. The molecule has 4 aromatic rings. The van der Waals surface area contributed by atoms with E-state index < -0.39 is 29.7 Å². The Balaban J connectivity index is 1.42. The van der Waals surface area contributed by atoms with Crippen molar-refractivity contribution in [3.8, 4) is 11.3 Å². The van der Waals surface area contributed by atoms with Gasteiger partial charge in [0.05, 0.1) is 23.4 Å². The number of alkyl halides is 6. The molecule has 0 aliphatic carbocycles. The number of aliphatic hydroxyl groups is 1. The summed E-state index contributed by atoms with van der Waals surface area (Å²) in [4.78, 5) is 3.59. The lowest BCUT2D eigenvalue weighted by molar-refractivity contribution is -0.141. The molecule has 0 aliphatic rings. The summed E-state index contributed by atoms with van der Waals surface area (Å²) in [6.07, 6.45) is -10.7. The minimum absolute atomic E-state index is 0.0449. The second-order valence-corrected chi connectivity index (χ2v) is 9.17. The van der Waals surface area contributed by atoms with Crippen LogP contribution in [0.2, 0.25) is 0 Å². The van der Waals surface area contributed by atoms with E-state index in [9.17, 15) is 31.4 Å². The highest BCUT2D eigenvalue weighted by molar-refractivity contribution is 5.61. The first-order valence-electron chi connectivity index (χ1n) is 12.5. The molecule has 3 N–H and O–H groups in total. The van der Waals surface area contributed by atoms with Crippen LogP contribution in [-0.4, -0.2) is 29.7 Å². The van der Waals surface area contributed by atoms with Crippen molar-refractivity contribution in [3.63, 3.8) is 0 Å². The van der Waals surface area contributed by atoms with Crippen molar-refractivity contribution in [3.05, 3.63) is 125 Å². The maximum Gasteiger partial charge on any atom is 0.433 e. The largest absolute Gasteiger partial charge is 0.433 e. The molecule has 10 heteroatoms. The van der Waals surface area contributed by atoms with Crippen LogP contribution >= 0.6 is 0 Å². The molecule has 3 aromatic carbocycles. The number of aromatic nitrogens is 1. The molecule has 40 heavy (non-hydrogen) atoms. The van der Waals surface area contributed by atoms with Gasteiger partial charge >= 0.3 is 12.4 Å². The molecule has 0 saturated heterocycles. The zero-order valence-electron chi connectivity index (χ0n) is 21.2. The van der Waals surface area contributed by atoms with Gasteiger partial charge in [0.15, 0.2) is 0 Å². The van der Waals surface area contributed by atoms with E-state index in [1.165, 1.54) is 6.07 Å². The minimum Gasteiger partial charge on any atom is -0.387 e. The maximum atomic E-state index is 13.5. The smallest absolute Gasteiger partial charge is 0.387 e. The fourth-order valence-electron chi connectivity index (χ4n) is 4.25. The number of hydrogen-bond acceptors (Lipinski definition) is 4. The molecule has 0 amide bonds. The molecule has 4 rings (SSSR count). The van der Waals surface area contributed by atoms with E-state index in [4.69, 9.17) is 0 Å². The molecule has 0 spiro atoms. The number of rotatable bonds is 10. The number of nitrogens with zero attached hydrogens (tertiary/aromatic N) is 1. The lowest BCUT2D eigenvalue weighted by Gasteiger charge is -2.21. The monoisotopic (exact) mass is 559 g/mol. The Hall–Kier alpha value is -3.73.